The number of nitrogens with one attached hydrogen (secondary N) is 1. The molecule has 0 saturated heterocycles. The fraction of sp³-hybridized carbons (Fsp3) is 0.111. The van der Waals surface area contributed by atoms with Crippen molar-refractivity contribution in [3.8, 4) is 0 Å². The van der Waals surface area contributed by atoms with Gasteiger partial charge in [0.15, 0.2) is 0 Å². The van der Waals surface area contributed by atoms with Crippen molar-refractivity contribution >= 4 is 22.8 Å². The first kappa shape index (κ1) is 14.1. The third-order valence-electron chi connectivity index (χ3n) is 3.45. The van der Waals surface area contributed by atoms with Crippen molar-refractivity contribution in [1.29, 1.82) is 0 Å². The molecule has 0 spiro atoms. The lowest BCUT2D eigenvalue weighted by molar-refractivity contribution is 0.594. The highest BCUT2D eigenvalue weighted by Gasteiger charge is 2.07. The lowest BCUT2D eigenvalue weighted by Crippen LogP contribution is -2.15. The Bertz CT molecular complexity index is 879. The van der Waals surface area contributed by atoms with E-state index < -0.39 is 0 Å². The maximum Gasteiger partial charge on any atom is 0.274 e. The summed E-state index contributed by atoms with van der Waals surface area (Å²) in [5, 5.41) is 0. The molecule has 4 nitrogen and oxygen atoms in total. The molecule has 3 aromatic rings. The first-order chi connectivity index (χ1) is 10.6. The van der Waals surface area contributed by atoms with Crippen LogP contribution in [0.3, 0.4) is 0 Å². The van der Waals surface area contributed by atoms with E-state index in [0.29, 0.717) is 5.69 Å². The van der Waals surface area contributed by atoms with Crippen LogP contribution in [0.1, 0.15) is 11.3 Å². The first-order valence-electron chi connectivity index (χ1n) is 7.08. The Morgan fingerprint density at radius 1 is 1.05 bits per heavy atom. The summed E-state index contributed by atoms with van der Waals surface area (Å²) >= 11 is 0. The minimum Gasteiger partial charge on any atom is -0.377 e. The molecule has 1 N–H and O–H groups in total. The zero-order valence-electron chi connectivity index (χ0n) is 12.6. The van der Waals surface area contributed by atoms with Gasteiger partial charge in [-0.05, 0) is 23.8 Å². The highest BCUT2D eigenvalue weighted by molar-refractivity contribution is 5.81. The second-order valence-corrected chi connectivity index (χ2v) is 5.26. The van der Waals surface area contributed by atoms with Gasteiger partial charge in [0, 0.05) is 19.8 Å². The molecule has 4 heteroatoms. The van der Waals surface area contributed by atoms with E-state index >= 15 is 0 Å². The quantitative estimate of drug-likeness (QED) is 0.807. The summed E-state index contributed by atoms with van der Waals surface area (Å²) in [4.78, 5) is 21.6. The number of rotatable bonds is 3. The van der Waals surface area contributed by atoms with Gasteiger partial charge in [-0.15, -0.1) is 0 Å². The molecule has 0 aliphatic heterocycles. The number of fused-ring (bicyclic) bond motifs is 1. The molecule has 0 aliphatic carbocycles. The summed E-state index contributed by atoms with van der Waals surface area (Å²) < 4.78 is 0. The van der Waals surface area contributed by atoms with Crippen LogP contribution in [0.15, 0.2) is 59.4 Å². The zero-order valence-corrected chi connectivity index (χ0v) is 12.6. The number of hydrogen-bond donors (Lipinski definition) is 1. The van der Waals surface area contributed by atoms with Crippen LogP contribution in [0, 0.1) is 0 Å². The Hall–Kier alpha value is -2.88. The van der Waals surface area contributed by atoms with Gasteiger partial charge in [-0.25, -0.2) is 4.98 Å². The zero-order chi connectivity index (χ0) is 15.5. The maximum absolute atomic E-state index is 12.2. The molecule has 3 rings (SSSR count). The average Bonchev–Trinajstić information content (AvgIpc) is 2.53. The summed E-state index contributed by atoms with van der Waals surface area (Å²) in [5.41, 5.74) is 3.73. The van der Waals surface area contributed by atoms with Gasteiger partial charge < -0.3 is 9.88 Å². The van der Waals surface area contributed by atoms with Gasteiger partial charge in [-0.1, -0.05) is 42.5 Å². The number of aromatic nitrogens is 2. The van der Waals surface area contributed by atoms with Crippen LogP contribution in [0.25, 0.3) is 22.8 Å². The number of aromatic amines is 1. The largest absolute Gasteiger partial charge is 0.377 e. The topological polar surface area (TPSA) is 49.0 Å². The minimum atomic E-state index is -0.186. The summed E-state index contributed by atoms with van der Waals surface area (Å²) in [6, 6.07) is 17.5. The van der Waals surface area contributed by atoms with Crippen molar-refractivity contribution in [1.82, 2.24) is 14.9 Å². The molecule has 0 saturated carbocycles. The van der Waals surface area contributed by atoms with Crippen molar-refractivity contribution in [2.24, 2.45) is 0 Å². The van der Waals surface area contributed by atoms with E-state index in [1.807, 2.05) is 79.7 Å². The standard InChI is InChI=1S/C18H17N3O/c1-21(2)17(13-8-4-3-5-9-13)12-16-18(22)20-15-11-7-6-10-14(15)19-16/h3-12H,1-2H3,(H,20,22). The molecule has 22 heavy (non-hydrogen) atoms. The number of nitrogens with zero attached hydrogens (tertiary/aromatic N) is 2. The molecule has 1 aromatic heterocycles. The molecule has 0 atom stereocenters. The predicted octanol–water partition coefficient (Wildman–Crippen LogP) is 2.98. The monoisotopic (exact) mass is 291 g/mol. The highest BCUT2D eigenvalue weighted by Crippen LogP contribution is 2.18. The van der Waals surface area contributed by atoms with Crippen LogP contribution < -0.4 is 5.56 Å². The van der Waals surface area contributed by atoms with Gasteiger partial charge in [0.25, 0.3) is 5.56 Å². The molecule has 0 amide bonds. The lowest BCUT2D eigenvalue weighted by Gasteiger charge is -2.17. The Balaban J connectivity index is 2.16. The molecule has 0 fully saturated rings. The van der Waals surface area contributed by atoms with Crippen LogP contribution in [0.4, 0.5) is 0 Å². The normalized spacial score (nSPS) is 11.6. The number of H-pyrrole nitrogens is 1. The van der Waals surface area contributed by atoms with Crippen molar-refractivity contribution in [3.05, 3.63) is 76.2 Å². The fourth-order valence-electron chi connectivity index (χ4n) is 2.35. The van der Waals surface area contributed by atoms with E-state index in [4.69, 9.17) is 0 Å². The molecule has 0 unspecified atom stereocenters. The number of benzene rings is 2. The van der Waals surface area contributed by atoms with Crippen LogP contribution in [0.2, 0.25) is 0 Å². The molecular formula is C18H17N3O. The van der Waals surface area contributed by atoms with Gasteiger partial charge in [-0.2, -0.15) is 0 Å². The minimum absolute atomic E-state index is 0.186. The van der Waals surface area contributed by atoms with Crippen molar-refractivity contribution < 1.29 is 0 Å². The molecule has 2 aromatic carbocycles. The predicted molar refractivity (Wildman–Crippen MR) is 90.4 cm³/mol. The van der Waals surface area contributed by atoms with Crippen molar-refractivity contribution in [2.75, 3.05) is 14.1 Å². The summed E-state index contributed by atoms with van der Waals surface area (Å²) in [6.45, 7) is 0. The van der Waals surface area contributed by atoms with Gasteiger partial charge in [0.2, 0.25) is 0 Å². The van der Waals surface area contributed by atoms with E-state index in [1.54, 1.807) is 0 Å². The van der Waals surface area contributed by atoms with E-state index in [0.717, 1.165) is 22.3 Å². The Morgan fingerprint density at radius 3 is 2.45 bits per heavy atom. The summed E-state index contributed by atoms with van der Waals surface area (Å²) in [5.74, 6) is 0. The SMILES string of the molecule is CN(C)C(=Cc1nc2ccccc2[nH]c1=O)c1ccccc1. The van der Waals surface area contributed by atoms with E-state index in [1.165, 1.54) is 0 Å². The molecule has 1 heterocycles. The summed E-state index contributed by atoms with van der Waals surface area (Å²) in [7, 11) is 3.90. The summed E-state index contributed by atoms with van der Waals surface area (Å²) in [6.07, 6.45) is 1.82. The molecule has 0 radical (unpaired) electrons. The van der Waals surface area contributed by atoms with Crippen LogP contribution in [0.5, 0.6) is 0 Å². The molecule has 0 bridgehead atoms. The number of hydrogen-bond acceptors (Lipinski definition) is 3. The van der Waals surface area contributed by atoms with Crippen LogP contribution in [-0.2, 0) is 0 Å². The van der Waals surface area contributed by atoms with Gasteiger partial charge in [0.1, 0.15) is 5.69 Å². The smallest absolute Gasteiger partial charge is 0.274 e. The third kappa shape index (κ3) is 2.76. The Morgan fingerprint density at radius 2 is 1.73 bits per heavy atom. The second-order valence-electron chi connectivity index (χ2n) is 5.26. The van der Waals surface area contributed by atoms with Gasteiger partial charge in [-0.3, -0.25) is 4.79 Å². The van der Waals surface area contributed by atoms with Gasteiger partial charge in [0.05, 0.1) is 11.0 Å². The van der Waals surface area contributed by atoms with E-state index in [9.17, 15) is 4.79 Å². The first-order valence-corrected chi connectivity index (χ1v) is 7.08. The molecule has 0 aliphatic rings. The second kappa shape index (κ2) is 5.85. The fourth-order valence-corrected chi connectivity index (χ4v) is 2.35. The maximum atomic E-state index is 12.2. The molecule has 110 valence electrons. The van der Waals surface area contributed by atoms with E-state index in [-0.39, 0.29) is 5.56 Å². The third-order valence-corrected chi connectivity index (χ3v) is 3.45. The Labute approximate surface area is 128 Å². The van der Waals surface area contributed by atoms with Gasteiger partial charge >= 0.3 is 0 Å². The Kier molecular flexibility index (Phi) is 3.74. The van der Waals surface area contributed by atoms with E-state index in [2.05, 4.69) is 9.97 Å². The lowest BCUT2D eigenvalue weighted by atomic mass is 10.1. The average molecular weight is 291 g/mol. The van der Waals surface area contributed by atoms with Crippen molar-refractivity contribution in [3.63, 3.8) is 0 Å². The molecular weight excluding hydrogens is 274 g/mol. The highest BCUT2D eigenvalue weighted by atomic mass is 16.1. The van der Waals surface area contributed by atoms with Crippen molar-refractivity contribution in [2.45, 2.75) is 0 Å². The number of para-hydroxylation sites is 2. The van der Waals surface area contributed by atoms with Crippen LogP contribution in [-0.4, -0.2) is 29.0 Å². The van der Waals surface area contributed by atoms with Crippen LogP contribution >= 0.6 is 0 Å².